The first kappa shape index (κ1) is 12.5. The molecule has 19 heavy (non-hydrogen) atoms. The lowest BCUT2D eigenvalue weighted by atomic mass is 9.92. The van der Waals surface area contributed by atoms with Crippen LogP contribution >= 0.6 is 0 Å². The van der Waals surface area contributed by atoms with Gasteiger partial charge in [-0.05, 0) is 24.3 Å². The summed E-state index contributed by atoms with van der Waals surface area (Å²) in [4.78, 5) is 4.46. The Kier molecular flexibility index (Phi) is 2.77. The van der Waals surface area contributed by atoms with Crippen molar-refractivity contribution in [1.29, 1.82) is 0 Å². The molecule has 0 aliphatic heterocycles. The number of anilines is 1. The number of nitrogens with one attached hydrogen (secondary N) is 1. The van der Waals surface area contributed by atoms with Crippen LogP contribution in [0.3, 0.4) is 0 Å². The molecular formula is C15H22N4. The lowest BCUT2D eigenvalue weighted by Gasteiger charge is -2.13. The predicted octanol–water partition coefficient (Wildman–Crippen LogP) is 3.09. The van der Waals surface area contributed by atoms with E-state index in [0.29, 0.717) is 0 Å². The Balaban J connectivity index is 1.89. The zero-order valence-corrected chi connectivity index (χ0v) is 12.1. The summed E-state index contributed by atoms with van der Waals surface area (Å²) in [6, 6.07) is 2.14. The van der Waals surface area contributed by atoms with Crippen LogP contribution in [0.5, 0.6) is 0 Å². The number of hydrogen-bond donors (Lipinski definition) is 1. The molecule has 2 heterocycles. The molecule has 2 unspecified atom stereocenters. The van der Waals surface area contributed by atoms with Gasteiger partial charge in [0, 0.05) is 24.4 Å². The monoisotopic (exact) mass is 258 g/mol. The van der Waals surface area contributed by atoms with Crippen molar-refractivity contribution in [3.8, 4) is 0 Å². The molecule has 2 atom stereocenters. The van der Waals surface area contributed by atoms with Crippen LogP contribution < -0.4 is 5.32 Å². The molecule has 1 saturated carbocycles. The third-order valence-electron chi connectivity index (χ3n) is 3.97. The molecule has 0 radical (unpaired) electrons. The summed E-state index contributed by atoms with van der Waals surface area (Å²) in [6.45, 7) is 9.87. The zero-order chi connectivity index (χ0) is 13.6. The molecule has 1 fully saturated rings. The van der Waals surface area contributed by atoms with E-state index >= 15 is 0 Å². The Labute approximate surface area is 114 Å². The highest BCUT2D eigenvalue weighted by Crippen LogP contribution is 2.37. The van der Waals surface area contributed by atoms with E-state index in [-0.39, 0.29) is 5.41 Å². The average molecular weight is 258 g/mol. The Morgan fingerprint density at radius 1 is 1.42 bits per heavy atom. The van der Waals surface area contributed by atoms with E-state index in [1.165, 1.54) is 6.42 Å². The maximum Gasteiger partial charge on any atom is 0.152 e. The van der Waals surface area contributed by atoms with Crippen molar-refractivity contribution in [2.24, 2.45) is 11.8 Å². The second-order valence-electron chi connectivity index (χ2n) is 6.74. The summed E-state index contributed by atoms with van der Waals surface area (Å²) < 4.78 is 1.92. The molecule has 0 aromatic carbocycles. The lowest BCUT2D eigenvalue weighted by molar-refractivity contribution is 0.562. The van der Waals surface area contributed by atoms with Gasteiger partial charge in [0.2, 0.25) is 0 Å². The molecular weight excluding hydrogens is 236 g/mol. The molecule has 1 N–H and O–H groups in total. The van der Waals surface area contributed by atoms with Crippen LogP contribution in [0.4, 0.5) is 5.82 Å². The van der Waals surface area contributed by atoms with E-state index in [4.69, 9.17) is 0 Å². The number of nitrogens with zero attached hydrogens (tertiary/aromatic N) is 3. The quantitative estimate of drug-likeness (QED) is 0.920. The van der Waals surface area contributed by atoms with E-state index in [0.717, 1.165) is 35.4 Å². The largest absolute Gasteiger partial charge is 0.368 e. The van der Waals surface area contributed by atoms with Gasteiger partial charge in [0.1, 0.15) is 5.52 Å². The molecule has 2 aromatic heterocycles. The van der Waals surface area contributed by atoms with Crippen LogP contribution in [0.15, 0.2) is 18.5 Å². The zero-order valence-electron chi connectivity index (χ0n) is 12.1. The van der Waals surface area contributed by atoms with E-state index in [2.05, 4.69) is 49.2 Å². The topological polar surface area (TPSA) is 42.2 Å². The molecule has 2 aromatic rings. The first-order valence-electron chi connectivity index (χ1n) is 7.04. The van der Waals surface area contributed by atoms with Crippen molar-refractivity contribution in [2.75, 3.05) is 11.9 Å². The average Bonchev–Trinajstić information content (AvgIpc) is 2.87. The van der Waals surface area contributed by atoms with Gasteiger partial charge in [-0.3, -0.25) is 0 Å². The van der Waals surface area contributed by atoms with Gasteiger partial charge >= 0.3 is 0 Å². The summed E-state index contributed by atoms with van der Waals surface area (Å²) in [7, 11) is 0. The van der Waals surface area contributed by atoms with Crippen LogP contribution in [-0.2, 0) is 5.41 Å². The summed E-state index contributed by atoms with van der Waals surface area (Å²) in [5.41, 5.74) is 2.23. The van der Waals surface area contributed by atoms with Crippen LogP contribution in [0.25, 0.3) is 5.52 Å². The smallest absolute Gasteiger partial charge is 0.152 e. The summed E-state index contributed by atoms with van der Waals surface area (Å²) in [6.07, 6.45) is 5.06. The third kappa shape index (κ3) is 2.44. The van der Waals surface area contributed by atoms with E-state index < -0.39 is 0 Å². The highest BCUT2D eigenvalue weighted by molar-refractivity contribution is 5.68. The first-order valence-corrected chi connectivity index (χ1v) is 7.04. The molecule has 1 aliphatic carbocycles. The summed E-state index contributed by atoms with van der Waals surface area (Å²) >= 11 is 0. The molecule has 4 nitrogen and oxygen atoms in total. The fourth-order valence-electron chi connectivity index (χ4n) is 2.34. The molecule has 3 rings (SSSR count). The highest BCUT2D eigenvalue weighted by atomic mass is 15.2. The van der Waals surface area contributed by atoms with E-state index in [1.807, 2.05) is 16.9 Å². The Morgan fingerprint density at radius 3 is 2.79 bits per heavy atom. The fourth-order valence-corrected chi connectivity index (χ4v) is 2.34. The number of fused-ring (bicyclic) bond motifs is 1. The SMILES string of the molecule is CC1CC1CNc1nccn2nc(C(C)(C)C)cc12. The van der Waals surface area contributed by atoms with Crippen molar-refractivity contribution >= 4 is 11.3 Å². The van der Waals surface area contributed by atoms with Crippen molar-refractivity contribution in [3.63, 3.8) is 0 Å². The van der Waals surface area contributed by atoms with Gasteiger partial charge in [0.15, 0.2) is 5.82 Å². The standard InChI is InChI=1S/C15H22N4/c1-10-7-11(10)9-17-14-12-8-13(15(2,3)4)18-19(12)6-5-16-14/h5-6,8,10-11H,7,9H2,1-4H3,(H,16,17). The predicted molar refractivity (Wildman–Crippen MR) is 77.4 cm³/mol. The maximum absolute atomic E-state index is 4.64. The summed E-state index contributed by atoms with van der Waals surface area (Å²) in [5.74, 6) is 2.62. The minimum Gasteiger partial charge on any atom is -0.368 e. The van der Waals surface area contributed by atoms with Crippen LogP contribution in [-0.4, -0.2) is 21.1 Å². The molecule has 102 valence electrons. The van der Waals surface area contributed by atoms with Crippen molar-refractivity contribution < 1.29 is 0 Å². The normalized spacial score (nSPS) is 22.7. The van der Waals surface area contributed by atoms with E-state index in [9.17, 15) is 0 Å². The Bertz CT molecular complexity index is 594. The molecule has 0 amide bonds. The maximum atomic E-state index is 4.64. The third-order valence-corrected chi connectivity index (χ3v) is 3.97. The molecule has 0 bridgehead atoms. The summed E-state index contributed by atoms with van der Waals surface area (Å²) in [5, 5.41) is 8.11. The van der Waals surface area contributed by atoms with Gasteiger partial charge in [0.05, 0.1) is 5.69 Å². The van der Waals surface area contributed by atoms with Gasteiger partial charge in [-0.2, -0.15) is 5.10 Å². The van der Waals surface area contributed by atoms with Gasteiger partial charge < -0.3 is 5.32 Å². The van der Waals surface area contributed by atoms with Gasteiger partial charge in [-0.25, -0.2) is 9.50 Å². The number of rotatable bonds is 3. The van der Waals surface area contributed by atoms with Crippen LogP contribution in [0.1, 0.15) is 39.8 Å². The van der Waals surface area contributed by atoms with Crippen molar-refractivity contribution in [3.05, 3.63) is 24.2 Å². The van der Waals surface area contributed by atoms with E-state index in [1.54, 1.807) is 0 Å². The first-order chi connectivity index (χ1) is 8.95. The van der Waals surface area contributed by atoms with Crippen molar-refractivity contribution in [1.82, 2.24) is 14.6 Å². The molecule has 0 saturated heterocycles. The Hall–Kier alpha value is -1.58. The highest BCUT2D eigenvalue weighted by Gasteiger charge is 2.32. The van der Waals surface area contributed by atoms with Crippen LogP contribution in [0.2, 0.25) is 0 Å². The van der Waals surface area contributed by atoms with Gasteiger partial charge in [-0.1, -0.05) is 27.7 Å². The van der Waals surface area contributed by atoms with Gasteiger partial charge in [-0.15, -0.1) is 0 Å². The second-order valence-corrected chi connectivity index (χ2v) is 6.74. The Morgan fingerprint density at radius 2 is 2.16 bits per heavy atom. The second kappa shape index (κ2) is 4.22. The minimum atomic E-state index is 0.0638. The minimum absolute atomic E-state index is 0.0638. The lowest BCUT2D eigenvalue weighted by Crippen LogP contribution is -2.11. The number of aromatic nitrogens is 3. The van der Waals surface area contributed by atoms with Crippen LogP contribution in [0, 0.1) is 11.8 Å². The molecule has 0 spiro atoms. The fraction of sp³-hybridized carbons (Fsp3) is 0.600. The molecule has 4 heteroatoms. The molecule has 1 aliphatic rings. The van der Waals surface area contributed by atoms with Gasteiger partial charge in [0.25, 0.3) is 0 Å². The number of hydrogen-bond acceptors (Lipinski definition) is 3. The van der Waals surface area contributed by atoms with Crippen molar-refractivity contribution in [2.45, 2.75) is 39.5 Å².